The first-order valence-electron chi connectivity index (χ1n) is 5.47. The zero-order valence-electron chi connectivity index (χ0n) is 9.69. The Morgan fingerprint density at radius 1 is 1.28 bits per heavy atom. The van der Waals surface area contributed by atoms with E-state index < -0.39 is 37.3 Å². The zero-order chi connectivity index (χ0) is 13.7. The lowest BCUT2D eigenvalue weighted by Crippen LogP contribution is -2.64. The molecule has 0 amide bonds. The molecule has 8 heteroatoms. The molecule has 18 heavy (non-hydrogen) atoms. The van der Waals surface area contributed by atoms with Gasteiger partial charge in [-0.1, -0.05) is 6.08 Å². The van der Waals surface area contributed by atoms with Crippen LogP contribution in [0.25, 0.3) is 0 Å². The van der Waals surface area contributed by atoms with E-state index in [0.29, 0.717) is 6.54 Å². The van der Waals surface area contributed by atoms with Gasteiger partial charge >= 0.3 is 0 Å². The van der Waals surface area contributed by atoms with E-state index in [2.05, 4.69) is 17.2 Å². The molecule has 7 nitrogen and oxygen atoms in total. The normalized spacial score (nSPS) is 35.9. The molecular weight excluding hydrogens is 260 g/mol. The van der Waals surface area contributed by atoms with Crippen molar-refractivity contribution < 1.29 is 25.2 Å². The molecule has 0 aliphatic carbocycles. The van der Waals surface area contributed by atoms with E-state index in [1.54, 1.807) is 6.08 Å². The molecule has 1 aliphatic rings. The van der Waals surface area contributed by atoms with Crippen molar-refractivity contribution in [2.24, 2.45) is 0 Å². The molecule has 0 saturated carbocycles. The van der Waals surface area contributed by atoms with Crippen LogP contribution in [0.4, 0.5) is 0 Å². The highest BCUT2D eigenvalue weighted by Crippen LogP contribution is 2.19. The summed E-state index contributed by atoms with van der Waals surface area (Å²) >= 11 is 4.93. The molecule has 0 unspecified atom stereocenters. The number of aliphatic hydroxyl groups excluding tert-OH is 4. The molecule has 0 aromatic rings. The lowest BCUT2D eigenvalue weighted by atomic mass is 9.98. The van der Waals surface area contributed by atoms with Gasteiger partial charge in [0.05, 0.1) is 6.61 Å². The largest absolute Gasteiger partial charge is 0.394 e. The van der Waals surface area contributed by atoms with Crippen molar-refractivity contribution in [2.45, 2.75) is 30.6 Å². The van der Waals surface area contributed by atoms with E-state index in [4.69, 9.17) is 22.1 Å². The van der Waals surface area contributed by atoms with Crippen LogP contribution in [0.2, 0.25) is 0 Å². The highest BCUT2D eigenvalue weighted by atomic mass is 32.1. The fourth-order valence-electron chi connectivity index (χ4n) is 1.57. The van der Waals surface area contributed by atoms with Gasteiger partial charge in [0.25, 0.3) is 0 Å². The third-order valence-corrected chi connectivity index (χ3v) is 2.83. The van der Waals surface area contributed by atoms with Crippen molar-refractivity contribution in [3.05, 3.63) is 12.7 Å². The lowest BCUT2D eigenvalue weighted by molar-refractivity contribution is -0.232. The summed E-state index contributed by atoms with van der Waals surface area (Å²) in [5.41, 5.74) is 0. The van der Waals surface area contributed by atoms with E-state index >= 15 is 0 Å². The summed E-state index contributed by atoms with van der Waals surface area (Å²) in [5.74, 6) is 0. The summed E-state index contributed by atoms with van der Waals surface area (Å²) in [5, 5.41) is 43.4. The standard InChI is InChI=1S/C10H18N2O5S/c1-2-3-11-10(18)12-9-8(16)7(15)6(14)5(4-13)17-9/h2,5-9,13-16H,1,3-4H2,(H2,11,12,18)/t5-,6-,7+,8-,9-/m1/s1. The molecule has 0 aromatic carbocycles. The molecule has 0 radical (unpaired) electrons. The van der Waals surface area contributed by atoms with Crippen LogP contribution >= 0.6 is 12.2 Å². The predicted octanol–water partition coefficient (Wildman–Crippen LogP) is -2.56. The van der Waals surface area contributed by atoms with Gasteiger partial charge in [-0.15, -0.1) is 6.58 Å². The number of ether oxygens (including phenoxy) is 1. The van der Waals surface area contributed by atoms with Crippen molar-refractivity contribution in [3.8, 4) is 0 Å². The van der Waals surface area contributed by atoms with Crippen molar-refractivity contribution in [2.75, 3.05) is 13.2 Å². The average Bonchev–Trinajstić information content (AvgIpc) is 2.37. The minimum Gasteiger partial charge on any atom is -0.394 e. The van der Waals surface area contributed by atoms with Gasteiger partial charge in [0.1, 0.15) is 24.4 Å². The van der Waals surface area contributed by atoms with Gasteiger partial charge in [-0.2, -0.15) is 0 Å². The Kier molecular flexibility index (Phi) is 5.93. The average molecular weight is 278 g/mol. The van der Waals surface area contributed by atoms with Gasteiger partial charge in [-0.05, 0) is 12.2 Å². The summed E-state index contributed by atoms with van der Waals surface area (Å²) in [7, 11) is 0. The van der Waals surface area contributed by atoms with E-state index in [1.165, 1.54) is 0 Å². The smallest absolute Gasteiger partial charge is 0.168 e. The van der Waals surface area contributed by atoms with Crippen molar-refractivity contribution in [1.82, 2.24) is 10.6 Å². The number of thiocarbonyl (C=S) groups is 1. The molecule has 1 heterocycles. The molecule has 0 bridgehead atoms. The van der Waals surface area contributed by atoms with Gasteiger partial charge in [0, 0.05) is 6.54 Å². The molecule has 1 rings (SSSR count). The molecule has 1 saturated heterocycles. The molecule has 1 fully saturated rings. The van der Waals surface area contributed by atoms with Gasteiger partial charge in [-0.3, -0.25) is 0 Å². The molecule has 104 valence electrons. The fourth-order valence-corrected chi connectivity index (χ4v) is 1.77. The Bertz CT molecular complexity index is 302. The fraction of sp³-hybridized carbons (Fsp3) is 0.700. The monoisotopic (exact) mass is 278 g/mol. The van der Waals surface area contributed by atoms with Crippen molar-refractivity contribution in [1.29, 1.82) is 0 Å². The van der Waals surface area contributed by atoms with Gasteiger partial charge in [-0.25, -0.2) is 0 Å². The SMILES string of the molecule is C=CCNC(=S)N[C@@H]1O[C@H](CO)[C@@H](O)[C@H](O)[C@H]1O. The van der Waals surface area contributed by atoms with Gasteiger partial charge in [0.2, 0.25) is 0 Å². The lowest BCUT2D eigenvalue weighted by Gasteiger charge is -2.40. The topological polar surface area (TPSA) is 114 Å². The second-order valence-electron chi connectivity index (χ2n) is 3.89. The van der Waals surface area contributed by atoms with Crippen LogP contribution in [0, 0.1) is 0 Å². The van der Waals surface area contributed by atoms with Crippen LogP contribution in [-0.2, 0) is 4.74 Å². The number of aliphatic hydroxyl groups is 4. The van der Waals surface area contributed by atoms with Gasteiger partial charge in [0.15, 0.2) is 11.3 Å². The highest BCUT2D eigenvalue weighted by Gasteiger charge is 2.43. The van der Waals surface area contributed by atoms with Crippen LogP contribution in [-0.4, -0.2) is 69.3 Å². The van der Waals surface area contributed by atoms with E-state index in [0.717, 1.165) is 0 Å². The maximum absolute atomic E-state index is 9.71. The van der Waals surface area contributed by atoms with Gasteiger partial charge < -0.3 is 35.8 Å². The maximum Gasteiger partial charge on any atom is 0.168 e. The summed E-state index contributed by atoms with van der Waals surface area (Å²) in [6.45, 7) is 3.46. The van der Waals surface area contributed by atoms with Crippen molar-refractivity contribution in [3.63, 3.8) is 0 Å². The maximum atomic E-state index is 9.71. The molecule has 0 spiro atoms. The minimum atomic E-state index is -1.42. The summed E-state index contributed by atoms with van der Waals surface area (Å²) < 4.78 is 5.21. The Balaban J connectivity index is 2.58. The summed E-state index contributed by atoms with van der Waals surface area (Å²) in [6, 6.07) is 0. The second kappa shape index (κ2) is 6.98. The van der Waals surface area contributed by atoms with Crippen LogP contribution in [0.1, 0.15) is 0 Å². The molecule has 5 atom stereocenters. The Hall–Kier alpha value is -0.770. The third-order valence-electron chi connectivity index (χ3n) is 2.57. The quantitative estimate of drug-likeness (QED) is 0.246. The number of rotatable bonds is 4. The van der Waals surface area contributed by atoms with E-state index in [-0.39, 0.29) is 5.11 Å². The number of nitrogens with one attached hydrogen (secondary N) is 2. The predicted molar refractivity (Wildman–Crippen MR) is 67.7 cm³/mol. The Morgan fingerprint density at radius 2 is 1.94 bits per heavy atom. The van der Waals surface area contributed by atoms with E-state index in [1.807, 2.05) is 0 Å². The molecule has 6 N–H and O–H groups in total. The third kappa shape index (κ3) is 3.61. The van der Waals surface area contributed by atoms with E-state index in [9.17, 15) is 15.3 Å². The van der Waals surface area contributed by atoms with Crippen LogP contribution in [0.5, 0.6) is 0 Å². The first-order chi connectivity index (χ1) is 8.51. The number of hydrogen-bond acceptors (Lipinski definition) is 6. The van der Waals surface area contributed by atoms with Crippen LogP contribution in [0.15, 0.2) is 12.7 Å². The second-order valence-corrected chi connectivity index (χ2v) is 4.30. The molecule has 0 aromatic heterocycles. The first-order valence-corrected chi connectivity index (χ1v) is 5.87. The zero-order valence-corrected chi connectivity index (χ0v) is 10.5. The van der Waals surface area contributed by atoms with Crippen molar-refractivity contribution >= 4 is 17.3 Å². The summed E-state index contributed by atoms with van der Waals surface area (Å²) in [4.78, 5) is 0. The molecule has 1 aliphatic heterocycles. The minimum absolute atomic E-state index is 0.208. The number of hydrogen-bond donors (Lipinski definition) is 6. The highest BCUT2D eigenvalue weighted by molar-refractivity contribution is 7.80. The van der Waals surface area contributed by atoms with Crippen LogP contribution in [0.3, 0.4) is 0 Å². The Morgan fingerprint density at radius 3 is 2.50 bits per heavy atom. The Labute approximate surface area is 110 Å². The summed E-state index contributed by atoms with van der Waals surface area (Å²) in [6.07, 6.45) is -4.52. The first kappa shape index (κ1) is 15.3. The molecular formula is C10H18N2O5S. The van der Waals surface area contributed by atoms with Crippen LogP contribution < -0.4 is 10.6 Å².